The largest absolute Gasteiger partial charge is 0.264 e. The lowest BCUT2D eigenvalue weighted by Gasteiger charge is -2.02. The molecule has 0 aromatic carbocycles. The zero-order valence-electron chi connectivity index (χ0n) is 13.5. The number of hydrogen-bond donors (Lipinski definition) is 0. The van der Waals surface area contributed by atoms with E-state index in [0.29, 0.717) is 0 Å². The van der Waals surface area contributed by atoms with Crippen molar-refractivity contribution in [1.29, 1.82) is 0 Å². The van der Waals surface area contributed by atoms with Gasteiger partial charge in [0.1, 0.15) is 0 Å². The Morgan fingerprint density at radius 2 is 1.58 bits per heavy atom. The molecular formula is C19H12N6S. The molecule has 5 aromatic heterocycles. The standard InChI is InChI=1S/C19H12N6S/c1-3-13(10-20-6-1)16-9-17(14-4-2-7-21-11-14)25(24-16)19-23-15-5-8-22-12-18(15)26-19/h1-12H. The average Bonchev–Trinajstić information content (AvgIpc) is 3.33. The first kappa shape index (κ1) is 14.9. The number of rotatable bonds is 3. The molecule has 0 unspecified atom stereocenters. The minimum atomic E-state index is 0.794. The molecule has 5 heterocycles. The van der Waals surface area contributed by atoms with Crippen LogP contribution in [0.5, 0.6) is 0 Å². The smallest absolute Gasteiger partial charge is 0.212 e. The van der Waals surface area contributed by atoms with Crippen LogP contribution in [-0.2, 0) is 0 Å². The van der Waals surface area contributed by atoms with Crippen LogP contribution in [0.1, 0.15) is 0 Å². The van der Waals surface area contributed by atoms with Crippen molar-refractivity contribution >= 4 is 21.6 Å². The average molecular weight is 356 g/mol. The van der Waals surface area contributed by atoms with Crippen molar-refractivity contribution in [3.05, 3.63) is 73.6 Å². The number of aromatic nitrogens is 6. The highest BCUT2D eigenvalue weighted by molar-refractivity contribution is 7.20. The minimum Gasteiger partial charge on any atom is -0.264 e. The fraction of sp³-hybridized carbons (Fsp3) is 0. The van der Waals surface area contributed by atoms with Crippen molar-refractivity contribution < 1.29 is 0 Å². The molecule has 0 saturated heterocycles. The van der Waals surface area contributed by atoms with Crippen molar-refractivity contribution in [2.75, 3.05) is 0 Å². The highest BCUT2D eigenvalue weighted by Crippen LogP contribution is 2.31. The van der Waals surface area contributed by atoms with Crippen LogP contribution in [0.25, 0.3) is 37.9 Å². The third-order valence-electron chi connectivity index (χ3n) is 3.99. The normalized spacial score (nSPS) is 11.1. The molecule has 0 spiro atoms. The lowest BCUT2D eigenvalue weighted by Crippen LogP contribution is -1.98. The molecule has 5 aromatic rings. The number of nitrogens with zero attached hydrogens (tertiary/aromatic N) is 6. The molecule has 124 valence electrons. The van der Waals surface area contributed by atoms with Gasteiger partial charge in [0.2, 0.25) is 5.13 Å². The molecule has 0 radical (unpaired) electrons. The summed E-state index contributed by atoms with van der Waals surface area (Å²) in [5.41, 5.74) is 4.63. The van der Waals surface area contributed by atoms with Gasteiger partial charge in [-0.2, -0.15) is 5.10 Å². The van der Waals surface area contributed by atoms with E-state index >= 15 is 0 Å². The molecule has 0 fully saturated rings. The fourth-order valence-electron chi connectivity index (χ4n) is 2.76. The summed E-state index contributed by atoms with van der Waals surface area (Å²) in [5, 5.41) is 5.59. The molecule has 6 nitrogen and oxygen atoms in total. The van der Waals surface area contributed by atoms with Crippen molar-refractivity contribution in [2.24, 2.45) is 0 Å². The van der Waals surface area contributed by atoms with Gasteiger partial charge >= 0.3 is 0 Å². The van der Waals surface area contributed by atoms with Crippen LogP contribution < -0.4 is 0 Å². The van der Waals surface area contributed by atoms with Crippen LogP contribution in [0.2, 0.25) is 0 Å². The molecule has 0 aliphatic carbocycles. The summed E-state index contributed by atoms with van der Waals surface area (Å²) in [4.78, 5) is 17.3. The van der Waals surface area contributed by atoms with E-state index in [1.807, 2.05) is 59.7 Å². The highest BCUT2D eigenvalue weighted by atomic mass is 32.1. The number of fused-ring (bicyclic) bond motifs is 1. The summed E-state index contributed by atoms with van der Waals surface area (Å²) in [5.74, 6) is 0. The van der Waals surface area contributed by atoms with Gasteiger partial charge in [-0.05, 0) is 36.4 Å². The van der Waals surface area contributed by atoms with E-state index in [0.717, 1.165) is 37.9 Å². The monoisotopic (exact) mass is 356 g/mol. The summed E-state index contributed by atoms with van der Waals surface area (Å²) in [6, 6.07) is 11.8. The van der Waals surface area contributed by atoms with E-state index in [-0.39, 0.29) is 0 Å². The predicted octanol–water partition coefficient (Wildman–Crippen LogP) is 4.00. The van der Waals surface area contributed by atoms with Crippen LogP contribution in [0, 0.1) is 0 Å². The summed E-state index contributed by atoms with van der Waals surface area (Å²) < 4.78 is 2.89. The molecule has 0 aliphatic heterocycles. The van der Waals surface area contributed by atoms with Gasteiger partial charge < -0.3 is 0 Å². The van der Waals surface area contributed by atoms with Gasteiger partial charge in [0, 0.05) is 48.3 Å². The Labute approximate surface area is 152 Å². The lowest BCUT2D eigenvalue weighted by atomic mass is 10.1. The lowest BCUT2D eigenvalue weighted by molar-refractivity contribution is 0.883. The summed E-state index contributed by atoms with van der Waals surface area (Å²) in [6.07, 6.45) is 10.7. The molecule has 0 N–H and O–H groups in total. The van der Waals surface area contributed by atoms with Crippen molar-refractivity contribution in [3.8, 4) is 27.6 Å². The first-order chi connectivity index (χ1) is 12.9. The van der Waals surface area contributed by atoms with Crippen molar-refractivity contribution in [1.82, 2.24) is 29.7 Å². The van der Waals surface area contributed by atoms with E-state index in [2.05, 4.69) is 15.0 Å². The highest BCUT2D eigenvalue weighted by Gasteiger charge is 2.16. The van der Waals surface area contributed by atoms with Crippen LogP contribution in [0.15, 0.2) is 73.6 Å². The number of pyridine rings is 3. The Balaban J connectivity index is 1.73. The predicted molar refractivity (Wildman–Crippen MR) is 101 cm³/mol. The van der Waals surface area contributed by atoms with E-state index in [4.69, 9.17) is 10.1 Å². The van der Waals surface area contributed by atoms with Crippen molar-refractivity contribution in [3.63, 3.8) is 0 Å². The first-order valence-electron chi connectivity index (χ1n) is 8.00. The van der Waals surface area contributed by atoms with E-state index in [9.17, 15) is 0 Å². The van der Waals surface area contributed by atoms with E-state index < -0.39 is 0 Å². The zero-order valence-corrected chi connectivity index (χ0v) is 14.3. The van der Waals surface area contributed by atoms with Crippen molar-refractivity contribution in [2.45, 2.75) is 0 Å². The second-order valence-electron chi connectivity index (χ2n) is 5.65. The summed E-state index contributed by atoms with van der Waals surface area (Å²) >= 11 is 1.56. The maximum absolute atomic E-state index is 4.80. The van der Waals surface area contributed by atoms with Crippen LogP contribution in [-0.4, -0.2) is 29.7 Å². The minimum absolute atomic E-state index is 0.794. The molecule has 0 aliphatic rings. The van der Waals surface area contributed by atoms with Crippen LogP contribution >= 0.6 is 11.3 Å². The molecule has 0 saturated carbocycles. The molecule has 7 heteroatoms. The second-order valence-corrected chi connectivity index (χ2v) is 6.66. The van der Waals surface area contributed by atoms with Gasteiger partial charge in [0.05, 0.1) is 21.6 Å². The quantitative estimate of drug-likeness (QED) is 0.489. The summed E-state index contributed by atoms with van der Waals surface area (Å²) in [6.45, 7) is 0. The molecule has 26 heavy (non-hydrogen) atoms. The van der Waals surface area contributed by atoms with Gasteiger partial charge in [0.25, 0.3) is 0 Å². The third kappa shape index (κ3) is 2.55. The Morgan fingerprint density at radius 1 is 0.808 bits per heavy atom. The Bertz CT molecular complexity index is 1150. The summed E-state index contributed by atoms with van der Waals surface area (Å²) in [7, 11) is 0. The molecular weight excluding hydrogens is 344 g/mol. The Hall–Kier alpha value is -3.45. The Morgan fingerprint density at radius 3 is 2.31 bits per heavy atom. The maximum Gasteiger partial charge on any atom is 0.212 e. The molecule has 0 amide bonds. The van der Waals surface area contributed by atoms with Gasteiger partial charge in [0.15, 0.2) is 0 Å². The fourth-order valence-corrected chi connectivity index (χ4v) is 3.66. The maximum atomic E-state index is 4.80. The first-order valence-corrected chi connectivity index (χ1v) is 8.82. The van der Waals surface area contributed by atoms with Gasteiger partial charge in [-0.25, -0.2) is 9.67 Å². The SMILES string of the molecule is c1cncc(-c2cc(-c3cccnc3)n(-c3nc4ccncc4s3)n2)c1. The Kier molecular flexibility index (Phi) is 3.50. The van der Waals surface area contributed by atoms with E-state index in [1.165, 1.54) is 0 Å². The second kappa shape index (κ2) is 6.12. The molecule has 5 rings (SSSR count). The van der Waals surface area contributed by atoms with Crippen LogP contribution in [0.4, 0.5) is 0 Å². The number of hydrogen-bond acceptors (Lipinski definition) is 6. The van der Waals surface area contributed by atoms with Gasteiger partial charge in [-0.1, -0.05) is 11.3 Å². The van der Waals surface area contributed by atoms with Gasteiger partial charge in [-0.3, -0.25) is 15.0 Å². The topological polar surface area (TPSA) is 69.4 Å². The molecule has 0 bridgehead atoms. The van der Waals surface area contributed by atoms with Crippen LogP contribution in [0.3, 0.4) is 0 Å². The molecule has 0 atom stereocenters. The third-order valence-corrected chi connectivity index (χ3v) is 4.97. The van der Waals surface area contributed by atoms with E-state index in [1.54, 1.807) is 29.9 Å². The zero-order chi connectivity index (χ0) is 17.3. The van der Waals surface area contributed by atoms with Gasteiger partial charge in [-0.15, -0.1) is 0 Å². The number of thiazole rings is 1.